The summed E-state index contributed by atoms with van der Waals surface area (Å²) < 4.78 is 26.6. The maximum atomic E-state index is 13.6. The van der Waals surface area contributed by atoms with Gasteiger partial charge in [-0.25, -0.2) is 13.6 Å². The molecule has 1 heterocycles. The van der Waals surface area contributed by atoms with E-state index in [0.717, 1.165) is 56.1 Å². The Labute approximate surface area is 158 Å². The monoisotopic (exact) mass is 374 g/mol. The Morgan fingerprint density at radius 1 is 1.00 bits per heavy atom. The van der Waals surface area contributed by atoms with Crippen molar-refractivity contribution < 1.29 is 13.6 Å². The zero-order valence-corrected chi connectivity index (χ0v) is 15.6. The van der Waals surface area contributed by atoms with Crippen molar-refractivity contribution in [3.63, 3.8) is 0 Å². The van der Waals surface area contributed by atoms with Crippen molar-refractivity contribution in [2.45, 2.75) is 13.8 Å². The van der Waals surface area contributed by atoms with Gasteiger partial charge in [-0.05, 0) is 49.4 Å². The molecule has 2 aromatic carbocycles. The molecule has 0 aromatic heterocycles. The Balaban J connectivity index is 1.63. The molecule has 3 rings (SSSR count). The Bertz CT molecular complexity index is 820. The van der Waals surface area contributed by atoms with E-state index >= 15 is 0 Å². The van der Waals surface area contributed by atoms with Crippen LogP contribution in [0.15, 0.2) is 36.4 Å². The van der Waals surface area contributed by atoms with E-state index < -0.39 is 17.7 Å². The Morgan fingerprint density at radius 2 is 1.67 bits per heavy atom. The van der Waals surface area contributed by atoms with Gasteiger partial charge in [0, 0.05) is 43.6 Å². The lowest BCUT2D eigenvalue weighted by Gasteiger charge is -2.35. The van der Waals surface area contributed by atoms with Crippen molar-refractivity contribution in [1.29, 1.82) is 0 Å². The number of anilines is 3. The van der Waals surface area contributed by atoms with Crippen LogP contribution in [0.2, 0.25) is 0 Å². The van der Waals surface area contributed by atoms with Gasteiger partial charge in [0.15, 0.2) is 0 Å². The number of benzene rings is 2. The Kier molecular flexibility index (Phi) is 5.91. The number of amides is 2. The van der Waals surface area contributed by atoms with E-state index in [1.807, 2.05) is 25.1 Å². The summed E-state index contributed by atoms with van der Waals surface area (Å²) in [6, 6.07) is 8.30. The maximum absolute atomic E-state index is 13.6. The third-order valence-electron chi connectivity index (χ3n) is 4.82. The lowest BCUT2D eigenvalue weighted by molar-refractivity contribution is 0.262. The molecule has 0 saturated carbocycles. The van der Waals surface area contributed by atoms with Crippen LogP contribution >= 0.6 is 0 Å². The summed E-state index contributed by atoms with van der Waals surface area (Å²) >= 11 is 0. The van der Waals surface area contributed by atoms with E-state index in [2.05, 4.69) is 27.4 Å². The summed E-state index contributed by atoms with van der Waals surface area (Å²) in [6.07, 6.45) is 0. The van der Waals surface area contributed by atoms with E-state index in [1.54, 1.807) is 0 Å². The number of hydrogen-bond acceptors (Lipinski definition) is 3. The minimum absolute atomic E-state index is 0.0723. The van der Waals surface area contributed by atoms with Crippen molar-refractivity contribution in [1.82, 2.24) is 4.90 Å². The average molecular weight is 374 g/mol. The predicted molar refractivity (Wildman–Crippen MR) is 105 cm³/mol. The first kappa shape index (κ1) is 19.1. The molecule has 2 N–H and O–H groups in total. The first-order valence-electron chi connectivity index (χ1n) is 9.07. The molecule has 5 nitrogen and oxygen atoms in total. The fourth-order valence-corrected chi connectivity index (χ4v) is 3.17. The highest BCUT2D eigenvalue weighted by Crippen LogP contribution is 2.24. The molecule has 2 aromatic rings. The molecular weight excluding hydrogens is 350 g/mol. The van der Waals surface area contributed by atoms with Crippen LogP contribution in [-0.4, -0.2) is 43.7 Å². The number of piperazine rings is 1. The molecule has 2 amide bonds. The smallest absolute Gasteiger partial charge is 0.323 e. The fraction of sp³-hybridized carbons (Fsp3) is 0.350. The molecule has 0 bridgehead atoms. The molecule has 144 valence electrons. The van der Waals surface area contributed by atoms with Gasteiger partial charge in [0.05, 0.1) is 5.69 Å². The number of hydrogen-bond donors (Lipinski definition) is 2. The highest BCUT2D eigenvalue weighted by Gasteiger charge is 2.17. The number of carbonyl (C=O) groups is 1. The molecule has 1 aliphatic rings. The quantitative estimate of drug-likeness (QED) is 0.849. The van der Waals surface area contributed by atoms with Crippen LogP contribution < -0.4 is 15.5 Å². The zero-order valence-electron chi connectivity index (χ0n) is 15.6. The zero-order chi connectivity index (χ0) is 19.4. The number of rotatable bonds is 4. The van der Waals surface area contributed by atoms with Gasteiger partial charge in [-0.2, -0.15) is 0 Å². The van der Waals surface area contributed by atoms with E-state index in [0.29, 0.717) is 5.69 Å². The third-order valence-corrected chi connectivity index (χ3v) is 4.82. The van der Waals surface area contributed by atoms with Crippen molar-refractivity contribution in [2.75, 3.05) is 48.3 Å². The van der Waals surface area contributed by atoms with Crippen molar-refractivity contribution >= 4 is 23.1 Å². The molecule has 7 heteroatoms. The normalized spacial score (nSPS) is 14.9. The van der Waals surface area contributed by atoms with Gasteiger partial charge in [-0.3, -0.25) is 0 Å². The third kappa shape index (κ3) is 4.74. The number of carbonyl (C=O) groups excluding carboxylic acids is 1. The van der Waals surface area contributed by atoms with E-state index in [4.69, 9.17) is 0 Å². The second kappa shape index (κ2) is 8.35. The topological polar surface area (TPSA) is 47.6 Å². The van der Waals surface area contributed by atoms with Gasteiger partial charge >= 0.3 is 6.03 Å². The first-order chi connectivity index (χ1) is 13.0. The summed E-state index contributed by atoms with van der Waals surface area (Å²) in [7, 11) is 0. The van der Waals surface area contributed by atoms with E-state index in [9.17, 15) is 13.6 Å². The molecule has 0 aliphatic carbocycles. The predicted octanol–water partition coefficient (Wildman–Crippen LogP) is 4.06. The number of nitrogens with zero attached hydrogens (tertiary/aromatic N) is 2. The van der Waals surface area contributed by atoms with Crippen LogP contribution in [0, 0.1) is 18.6 Å². The minimum atomic E-state index is -0.816. The van der Waals surface area contributed by atoms with Crippen molar-refractivity contribution in [3.8, 4) is 0 Å². The molecule has 27 heavy (non-hydrogen) atoms. The minimum Gasteiger partial charge on any atom is -0.369 e. The highest BCUT2D eigenvalue weighted by molar-refractivity contribution is 6.00. The largest absolute Gasteiger partial charge is 0.369 e. The average Bonchev–Trinajstić information content (AvgIpc) is 2.66. The van der Waals surface area contributed by atoms with E-state index in [1.165, 1.54) is 6.07 Å². The molecule has 0 unspecified atom stereocenters. The Hall–Kier alpha value is -2.67. The summed E-state index contributed by atoms with van der Waals surface area (Å²) in [5.41, 5.74) is 2.61. The Morgan fingerprint density at radius 3 is 2.30 bits per heavy atom. The van der Waals surface area contributed by atoms with Crippen LogP contribution in [0.1, 0.15) is 12.5 Å². The van der Waals surface area contributed by atoms with Crippen LogP contribution in [-0.2, 0) is 0 Å². The number of urea groups is 1. The SMILES string of the molecule is CCN1CCN(c2ccc(NC(=O)Nc3ccc(F)cc3F)c(C)c2)CC1. The van der Waals surface area contributed by atoms with Gasteiger partial charge in [-0.15, -0.1) is 0 Å². The lowest BCUT2D eigenvalue weighted by Crippen LogP contribution is -2.46. The second-order valence-corrected chi connectivity index (χ2v) is 6.62. The van der Waals surface area contributed by atoms with Crippen LogP contribution in [0.4, 0.5) is 30.6 Å². The van der Waals surface area contributed by atoms with Crippen LogP contribution in [0.5, 0.6) is 0 Å². The maximum Gasteiger partial charge on any atom is 0.323 e. The molecule has 0 radical (unpaired) electrons. The van der Waals surface area contributed by atoms with Crippen LogP contribution in [0.3, 0.4) is 0 Å². The summed E-state index contributed by atoms with van der Waals surface area (Å²) in [6.45, 7) is 9.19. The fourth-order valence-electron chi connectivity index (χ4n) is 3.17. The number of nitrogens with one attached hydrogen (secondary N) is 2. The van der Waals surface area contributed by atoms with Gasteiger partial charge in [0.2, 0.25) is 0 Å². The van der Waals surface area contributed by atoms with Gasteiger partial charge in [0.25, 0.3) is 0 Å². The van der Waals surface area contributed by atoms with Crippen molar-refractivity contribution in [3.05, 3.63) is 53.6 Å². The van der Waals surface area contributed by atoms with E-state index in [-0.39, 0.29) is 5.69 Å². The van der Waals surface area contributed by atoms with Gasteiger partial charge in [-0.1, -0.05) is 6.92 Å². The molecule has 1 saturated heterocycles. The highest BCUT2D eigenvalue weighted by atomic mass is 19.1. The first-order valence-corrected chi connectivity index (χ1v) is 9.07. The lowest BCUT2D eigenvalue weighted by atomic mass is 10.1. The molecule has 1 fully saturated rings. The molecule has 0 spiro atoms. The number of likely N-dealkylation sites (N-methyl/N-ethyl adjacent to an activating group) is 1. The summed E-state index contributed by atoms with van der Waals surface area (Å²) in [5, 5.41) is 5.10. The number of halogens is 2. The standard InChI is InChI=1S/C20H24F2N4O/c1-3-25-8-10-26(11-9-25)16-5-7-18(14(2)12-16)23-20(27)24-19-6-4-15(21)13-17(19)22/h4-7,12-13H,3,8-11H2,1-2H3,(H2,23,24,27). The molecular formula is C20H24F2N4O. The summed E-state index contributed by atoms with van der Waals surface area (Å²) in [5.74, 6) is -1.51. The van der Waals surface area contributed by atoms with Crippen molar-refractivity contribution in [2.24, 2.45) is 0 Å². The number of aryl methyl sites for hydroxylation is 1. The molecule has 0 atom stereocenters. The summed E-state index contributed by atoms with van der Waals surface area (Å²) in [4.78, 5) is 16.9. The molecule has 1 aliphatic heterocycles. The van der Waals surface area contributed by atoms with Crippen LogP contribution in [0.25, 0.3) is 0 Å². The van der Waals surface area contributed by atoms with Gasteiger partial charge in [0.1, 0.15) is 11.6 Å². The second-order valence-electron chi connectivity index (χ2n) is 6.62. The van der Waals surface area contributed by atoms with Gasteiger partial charge < -0.3 is 20.4 Å².